The van der Waals surface area contributed by atoms with Gasteiger partial charge in [0.15, 0.2) is 0 Å². The van der Waals surface area contributed by atoms with Gasteiger partial charge < -0.3 is 9.30 Å². The molecule has 22 heavy (non-hydrogen) atoms. The highest BCUT2D eigenvalue weighted by Gasteiger charge is 2.09. The van der Waals surface area contributed by atoms with E-state index in [1.54, 1.807) is 7.11 Å². The predicted molar refractivity (Wildman–Crippen MR) is 87.2 cm³/mol. The molecule has 0 saturated carbocycles. The first-order chi connectivity index (χ1) is 10.7. The highest BCUT2D eigenvalue weighted by molar-refractivity contribution is 5.32. The first kappa shape index (κ1) is 16.3. The Kier molecular flexibility index (Phi) is 6.20. The second-order valence-corrected chi connectivity index (χ2v) is 5.48. The van der Waals surface area contributed by atoms with Crippen molar-refractivity contribution >= 4 is 0 Å². The van der Waals surface area contributed by atoms with Gasteiger partial charge in [0.2, 0.25) is 0 Å². The number of hydrogen-bond donors (Lipinski definition) is 0. The Hall–Kier alpha value is -2.09. The van der Waals surface area contributed by atoms with Crippen LogP contribution in [0.3, 0.4) is 0 Å². The number of rotatable bonds is 8. The lowest BCUT2D eigenvalue weighted by Gasteiger charge is -2.23. The number of ether oxygens (including phenoxy) is 1. The second kappa shape index (κ2) is 8.38. The molecule has 0 aliphatic rings. The first-order valence-electron chi connectivity index (χ1n) is 7.53. The fourth-order valence-electron chi connectivity index (χ4n) is 2.53. The van der Waals surface area contributed by atoms with Crippen LogP contribution in [-0.4, -0.2) is 29.7 Å². The van der Waals surface area contributed by atoms with Gasteiger partial charge in [-0.1, -0.05) is 12.1 Å². The molecule has 0 unspecified atom stereocenters. The third kappa shape index (κ3) is 4.73. The minimum absolute atomic E-state index is 0.716. The van der Waals surface area contributed by atoms with Crippen LogP contribution in [0.1, 0.15) is 23.2 Å². The van der Waals surface area contributed by atoms with E-state index in [1.807, 2.05) is 18.2 Å². The van der Waals surface area contributed by atoms with Crippen LogP contribution < -0.4 is 0 Å². The van der Waals surface area contributed by atoms with Gasteiger partial charge in [0, 0.05) is 52.3 Å². The maximum Gasteiger partial charge on any atom is 0.0991 e. The van der Waals surface area contributed by atoms with Gasteiger partial charge in [-0.25, -0.2) is 0 Å². The standard InChI is InChI=1S/C18H23N3O/c1-20-9-4-8-18(20)15-21(10-5-11-22-2)14-17-7-3-6-16(12-17)13-19/h3-4,6-9,12H,5,10-11,14-15H2,1-2H3. The molecule has 1 aromatic heterocycles. The Bertz CT molecular complexity index is 627. The minimum atomic E-state index is 0.716. The molecule has 2 aromatic rings. The summed E-state index contributed by atoms with van der Waals surface area (Å²) in [5.41, 5.74) is 3.17. The third-order valence-electron chi connectivity index (χ3n) is 3.72. The summed E-state index contributed by atoms with van der Waals surface area (Å²) in [5, 5.41) is 9.03. The molecule has 0 saturated heterocycles. The van der Waals surface area contributed by atoms with E-state index in [0.29, 0.717) is 5.56 Å². The van der Waals surface area contributed by atoms with E-state index in [9.17, 15) is 0 Å². The van der Waals surface area contributed by atoms with Crippen LogP contribution in [0.15, 0.2) is 42.6 Å². The average molecular weight is 297 g/mol. The Morgan fingerprint density at radius 2 is 2.09 bits per heavy atom. The van der Waals surface area contributed by atoms with Crippen molar-refractivity contribution in [3.8, 4) is 6.07 Å². The summed E-state index contributed by atoms with van der Waals surface area (Å²) >= 11 is 0. The van der Waals surface area contributed by atoms with Gasteiger partial charge >= 0.3 is 0 Å². The fraction of sp³-hybridized carbons (Fsp3) is 0.389. The number of methoxy groups -OCH3 is 1. The molecule has 0 amide bonds. The minimum Gasteiger partial charge on any atom is -0.385 e. The largest absolute Gasteiger partial charge is 0.385 e. The van der Waals surface area contributed by atoms with E-state index >= 15 is 0 Å². The van der Waals surface area contributed by atoms with Crippen LogP contribution in [0, 0.1) is 11.3 Å². The number of aryl methyl sites for hydroxylation is 1. The topological polar surface area (TPSA) is 41.2 Å². The zero-order valence-corrected chi connectivity index (χ0v) is 13.3. The summed E-state index contributed by atoms with van der Waals surface area (Å²) in [6, 6.07) is 14.3. The van der Waals surface area contributed by atoms with Crippen molar-refractivity contribution < 1.29 is 4.74 Å². The molecule has 0 radical (unpaired) electrons. The third-order valence-corrected chi connectivity index (χ3v) is 3.72. The van der Waals surface area contributed by atoms with Crippen LogP contribution in [0.25, 0.3) is 0 Å². The molecule has 0 spiro atoms. The van der Waals surface area contributed by atoms with Crippen LogP contribution in [0.4, 0.5) is 0 Å². The van der Waals surface area contributed by atoms with Gasteiger partial charge in [0.1, 0.15) is 0 Å². The molecule has 1 heterocycles. The molecule has 0 atom stereocenters. The number of benzene rings is 1. The molecule has 2 rings (SSSR count). The molecule has 4 heteroatoms. The monoisotopic (exact) mass is 297 g/mol. The number of nitrogens with zero attached hydrogens (tertiary/aromatic N) is 3. The average Bonchev–Trinajstić information content (AvgIpc) is 2.93. The van der Waals surface area contributed by atoms with E-state index < -0.39 is 0 Å². The SMILES string of the molecule is COCCCN(Cc1cccc(C#N)c1)Cc1cccn1C. The number of hydrogen-bond acceptors (Lipinski definition) is 3. The number of aromatic nitrogens is 1. The van der Waals surface area contributed by atoms with Crippen LogP contribution in [-0.2, 0) is 24.9 Å². The predicted octanol–water partition coefficient (Wildman–Crippen LogP) is 2.94. The number of nitriles is 1. The van der Waals surface area contributed by atoms with Crippen LogP contribution in [0.5, 0.6) is 0 Å². The van der Waals surface area contributed by atoms with Gasteiger partial charge in [-0.2, -0.15) is 5.26 Å². The van der Waals surface area contributed by atoms with E-state index in [1.165, 1.54) is 11.3 Å². The van der Waals surface area contributed by atoms with Gasteiger partial charge in [-0.3, -0.25) is 4.90 Å². The lowest BCUT2D eigenvalue weighted by Crippen LogP contribution is -2.25. The van der Waals surface area contributed by atoms with Gasteiger partial charge in [0.05, 0.1) is 11.6 Å². The summed E-state index contributed by atoms with van der Waals surface area (Å²) < 4.78 is 7.31. The smallest absolute Gasteiger partial charge is 0.0991 e. The normalized spacial score (nSPS) is 10.8. The Balaban J connectivity index is 2.06. The lowest BCUT2D eigenvalue weighted by atomic mass is 10.1. The molecule has 116 valence electrons. The molecular formula is C18H23N3O. The molecule has 0 aliphatic heterocycles. The maximum absolute atomic E-state index is 9.03. The lowest BCUT2D eigenvalue weighted by molar-refractivity contribution is 0.165. The van der Waals surface area contributed by atoms with E-state index in [4.69, 9.17) is 10.00 Å². The van der Waals surface area contributed by atoms with Crippen LogP contribution >= 0.6 is 0 Å². The summed E-state index contributed by atoms with van der Waals surface area (Å²) in [6.45, 7) is 3.46. The highest BCUT2D eigenvalue weighted by atomic mass is 16.5. The van der Waals surface area contributed by atoms with Crippen molar-refractivity contribution in [2.45, 2.75) is 19.5 Å². The molecule has 0 N–H and O–H groups in total. The molecule has 0 aliphatic carbocycles. The van der Waals surface area contributed by atoms with Crippen molar-refractivity contribution in [3.63, 3.8) is 0 Å². The highest BCUT2D eigenvalue weighted by Crippen LogP contribution is 2.12. The molecule has 0 bridgehead atoms. The van der Waals surface area contributed by atoms with Crippen molar-refractivity contribution in [3.05, 3.63) is 59.4 Å². The summed E-state index contributed by atoms with van der Waals surface area (Å²) in [7, 11) is 3.80. The van der Waals surface area contributed by atoms with Gasteiger partial charge in [-0.05, 0) is 36.2 Å². The van der Waals surface area contributed by atoms with E-state index in [-0.39, 0.29) is 0 Å². The Labute approximate surface area is 132 Å². The van der Waals surface area contributed by atoms with E-state index in [0.717, 1.165) is 32.7 Å². The molecule has 0 fully saturated rings. The summed E-state index contributed by atoms with van der Waals surface area (Å²) in [5.74, 6) is 0. The first-order valence-corrected chi connectivity index (χ1v) is 7.53. The Morgan fingerprint density at radius 1 is 1.23 bits per heavy atom. The maximum atomic E-state index is 9.03. The van der Waals surface area contributed by atoms with E-state index in [2.05, 4.69) is 47.0 Å². The van der Waals surface area contributed by atoms with Crippen molar-refractivity contribution in [2.75, 3.05) is 20.3 Å². The quantitative estimate of drug-likeness (QED) is 0.703. The zero-order chi connectivity index (χ0) is 15.8. The van der Waals surface area contributed by atoms with Crippen molar-refractivity contribution in [1.82, 2.24) is 9.47 Å². The summed E-state index contributed by atoms with van der Waals surface area (Å²) in [6.07, 6.45) is 3.07. The summed E-state index contributed by atoms with van der Waals surface area (Å²) in [4.78, 5) is 2.39. The fourth-order valence-corrected chi connectivity index (χ4v) is 2.53. The van der Waals surface area contributed by atoms with Gasteiger partial charge in [0.25, 0.3) is 0 Å². The zero-order valence-electron chi connectivity index (χ0n) is 13.3. The van der Waals surface area contributed by atoms with Crippen molar-refractivity contribution in [1.29, 1.82) is 5.26 Å². The second-order valence-electron chi connectivity index (χ2n) is 5.48. The molecule has 1 aromatic carbocycles. The molecular weight excluding hydrogens is 274 g/mol. The van der Waals surface area contributed by atoms with Crippen molar-refractivity contribution in [2.24, 2.45) is 7.05 Å². The van der Waals surface area contributed by atoms with Crippen LogP contribution in [0.2, 0.25) is 0 Å². The van der Waals surface area contributed by atoms with Gasteiger partial charge in [-0.15, -0.1) is 0 Å². The molecule has 4 nitrogen and oxygen atoms in total. The Morgan fingerprint density at radius 3 is 2.77 bits per heavy atom.